The Hall–Kier alpha value is -0.370. The number of aromatic nitrogens is 1. The van der Waals surface area contributed by atoms with Gasteiger partial charge in [-0.25, -0.2) is 4.98 Å². The Balaban J connectivity index is 0.00000400. The van der Waals surface area contributed by atoms with E-state index in [0.29, 0.717) is 0 Å². The Morgan fingerprint density at radius 2 is 1.95 bits per heavy atom. The predicted molar refractivity (Wildman–Crippen MR) is 104 cm³/mol. The highest BCUT2D eigenvalue weighted by molar-refractivity contribution is 14.0. The van der Waals surface area contributed by atoms with Crippen molar-refractivity contribution in [3.63, 3.8) is 0 Å². The summed E-state index contributed by atoms with van der Waals surface area (Å²) in [6.07, 6.45) is 3.76. The van der Waals surface area contributed by atoms with Crippen LogP contribution in [0.2, 0.25) is 0 Å². The van der Waals surface area contributed by atoms with E-state index in [9.17, 15) is 0 Å². The maximum absolute atomic E-state index is 4.52. The molecule has 122 valence electrons. The van der Waals surface area contributed by atoms with Crippen LogP contribution in [0, 0.1) is 19.8 Å². The van der Waals surface area contributed by atoms with Crippen molar-refractivity contribution in [2.24, 2.45) is 10.9 Å². The van der Waals surface area contributed by atoms with Crippen molar-refractivity contribution in [3.8, 4) is 0 Å². The zero-order valence-electron chi connectivity index (χ0n) is 13.8. The van der Waals surface area contributed by atoms with Crippen LogP contribution in [0.5, 0.6) is 0 Å². The molecule has 1 heterocycles. The molecule has 0 bridgehead atoms. The standard InChI is InChI=1S/C15H28N4S.HI/c1-11(2)8-6-7-9-17-15(16-5)18-10-14-19-12(3)13(4)20-14;/h11H,6-10H2,1-5H3,(H2,16,17,18);1H. The Morgan fingerprint density at radius 1 is 1.24 bits per heavy atom. The number of unbranched alkanes of at least 4 members (excludes halogenated alkanes) is 1. The number of nitrogens with one attached hydrogen (secondary N) is 2. The molecule has 0 saturated heterocycles. The first-order chi connectivity index (χ1) is 9.52. The molecule has 0 radical (unpaired) electrons. The van der Waals surface area contributed by atoms with Crippen molar-refractivity contribution in [1.82, 2.24) is 15.6 Å². The Labute approximate surface area is 150 Å². The molecule has 4 nitrogen and oxygen atoms in total. The SMILES string of the molecule is CN=C(NCCCCC(C)C)NCc1nc(C)c(C)s1.I. The van der Waals surface area contributed by atoms with Crippen LogP contribution < -0.4 is 10.6 Å². The van der Waals surface area contributed by atoms with Gasteiger partial charge in [0.2, 0.25) is 0 Å². The number of nitrogens with zero attached hydrogens (tertiary/aromatic N) is 2. The van der Waals surface area contributed by atoms with Crippen LogP contribution in [0.15, 0.2) is 4.99 Å². The van der Waals surface area contributed by atoms with Crippen molar-refractivity contribution in [3.05, 3.63) is 15.6 Å². The topological polar surface area (TPSA) is 49.3 Å². The van der Waals surface area contributed by atoms with Crippen molar-refractivity contribution < 1.29 is 0 Å². The molecule has 0 saturated carbocycles. The van der Waals surface area contributed by atoms with Gasteiger partial charge in [0.05, 0.1) is 12.2 Å². The third kappa shape index (κ3) is 8.60. The normalized spacial score (nSPS) is 11.4. The minimum atomic E-state index is 0. The monoisotopic (exact) mass is 424 g/mol. The van der Waals surface area contributed by atoms with Crippen molar-refractivity contribution in [2.75, 3.05) is 13.6 Å². The quantitative estimate of drug-likeness (QED) is 0.302. The molecule has 1 aromatic rings. The largest absolute Gasteiger partial charge is 0.356 e. The average molecular weight is 424 g/mol. The van der Waals surface area contributed by atoms with Gasteiger partial charge in [-0.1, -0.05) is 26.7 Å². The molecule has 0 atom stereocenters. The van der Waals surface area contributed by atoms with Crippen LogP contribution in [0.1, 0.15) is 48.7 Å². The molecule has 2 N–H and O–H groups in total. The lowest BCUT2D eigenvalue weighted by atomic mass is 10.1. The van der Waals surface area contributed by atoms with Gasteiger partial charge in [-0.3, -0.25) is 4.99 Å². The summed E-state index contributed by atoms with van der Waals surface area (Å²) in [5.74, 6) is 1.66. The second kappa shape index (κ2) is 11.2. The van der Waals surface area contributed by atoms with Gasteiger partial charge >= 0.3 is 0 Å². The number of halogens is 1. The van der Waals surface area contributed by atoms with Gasteiger partial charge in [0.25, 0.3) is 0 Å². The summed E-state index contributed by atoms with van der Waals surface area (Å²) >= 11 is 1.75. The summed E-state index contributed by atoms with van der Waals surface area (Å²) in [6, 6.07) is 0. The lowest BCUT2D eigenvalue weighted by molar-refractivity contribution is 0.534. The Bertz CT molecular complexity index is 410. The van der Waals surface area contributed by atoms with Crippen LogP contribution in [-0.4, -0.2) is 24.5 Å². The molecule has 1 aromatic heterocycles. The molecule has 0 aromatic carbocycles. The number of rotatable bonds is 7. The first-order valence-electron chi connectivity index (χ1n) is 7.40. The highest BCUT2D eigenvalue weighted by Crippen LogP contribution is 2.15. The second-order valence-electron chi connectivity index (χ2n) is 5.49. The lowest BCUT2D eigenvalue weighted by Crippen LogP contribution is -2.37. The Kier molecular flexibility index (Phi) is 11.0. The third-order valence-corrected chi connectivity index (χ3v) is 4.28. The fraction of sp³-hybridized carbons (Fsp3) is 0.733. The number of aliphatic imine (C=N–C) groups is 1. The average Bonchev–Trinajstić information content (AvgIpc) is 2.71. The summed E-state index contributed by atoms with van der Waals surface area (Å²) in [7, 11) is 1.81. The molecule has 0 aliphatic heterocycles. The molecule has 0 unspecified atom stereocenters. The van der Waals surface area contributed by atoms with Crippen molar-refractivity contribution >= 4 is 41.3 Å². The molecule has 0 fully saturated rings. The highest BCUT2D eigenvalue weighted by Gasteiger charge is 2.04. The summed E-state index contributed by atoms with van der Waals surface area (Å²) in [5.41, 5.74) is 1.13. The maximum Gasteiger partial charge on any atom is 0.191 e. The summed E-state index contributed by atoms with van der Waals surface area (Å²) in [5, 5.41) is 7.78. The minimum absolute atomic E-state index is 0. The summed E-state index contributed by atoms with van der Waals surface area (Å²) < 4.78 is 0. The number of guanidine groups is 1. The zero-order valence-corrected chi connectivity index (χ0v) is 17.0. The van der Waals surface area contributed by atoms with Gasteiger partial charge in [-0.15, -0.1) is 35.3 Å². The van der Waals surface area contributed by atoms with Crippen LogP contribution >= 0.6 is 35.3 Å². The van der Waals surface area contributed by atoms with Crippen molar-refractivity contribution in [2.45, 2.75) is 53.5 Å². The van der Waals surface area contributed by atoms with Crippen LogP contribution in [0.3, 0.4) is 0 Å². The van der Waals surface area contributed by atoms with E-state index in [1.807, 2.05) is 7.05 Å². The Morgan fingerprint density at radius 3 is 2.48 bits per heavy atom. The van der Waals surface area contributed by atoms with Crippen LogP contribution in [0.25, 0.3) is 0 Å². The maximum atomic E-state index is 4.52. The van der Waals surface area contributed by atoms with Crippen LogP contribution in [0.4, 0.5) is 0 Å². The molecule has 0 aliphatic rings. The zero-order chi connectivity index (χ0) is 15.0. The van der Waals surface area contributed by atoms with Gasteiger partial charge in [-0.2, -0.15) is 0 Å². The molecule has 0 aliphatic carbocycles. The number of aryl methyl sites for hydroxylation is 2. The molecular weight excluding hydrogens is 395 g/mol. The van der Waals surface area contributed by atoms with Gasteiger partial charge < -0.3 is 10.6 Å². The number of hydrogen-bond acceptors (Lipinski definition) is 3. The van der Waals surface area contributed by atoms with E-state index in [1.54, 1.807) is 11.3 Å². The van der Waals surface area contributed by atoms with Gasteiger partial charge in [0, 0.05) is 18.5 Å². The van der Waals surface area contributed by atoms with Crippen molar-refractivity contribution in [1.29, 1.82) is 0 Å². The molecule has 6 heteroatoms. The van der Waals surface area contributed by atoms with E-state index in [4.69, 9.17) is 0 Å². The third-order valence-electron chi connectivity index (χ3n) is 3.20. The van der Waals surface area contributed by atoms with E-state index in [0.717, 1.165) is 35.7 Å². The fourth-order valence-corrected chi connectivity index (χ4v) is 2.75. The fourth-order valence-electron chi connectivity index (χ4n) is 1.88. The van der Waals surface area contributed by atoms with E-state index in [-0.39, 0.29) is 24.0 Å². The molecule has 1 rings (SSSR count). The van der Waals surface area contributed by atoms with Gasteiger partial charge in [-0.05, 0) is 26.2 Å². The summed E-state index contributed by atoms with van der Waals surface area (Å²) in [4.78, 5) is 10.0. The second-order valence-corrected chi connectivity index (χ2v) is 6.78. The first kappa shape index (κ1) is 20.6. The van der Waals surface area contributed by atoms with E-state index < -0.39 is 0 Å². The molecule has 0 amide bonds. The van der Waals surface area contributed by atoms with Gasteiger partial charge in [0.1, 0.15) is 5.01 Å². The van der Waals surface area contributed by atoms with E-state index in [2.05, 4.69) is 48.3 Å². The van der Waals surface area contributed by atoms with Gasteiger partial charge in [0.15, 0.2) is 5.96 Å². The molecular formula is C15H29IN4S. The number of thiazole rings is 1. The smallest absolute Gasteiger partial charge is 0.191 e. The molecule has 0 spiro atoms. The highest BCUT2D eigenvalue weighted by atomic mass is 127. The predicted octanol–water partition coefficient (Wildman–Crippen LogP) is 3.87. The lowest BCUT2D eigenvalue weighted by Gasteiger charge is -2.11. The van der Waals surface area contributed by atoms with E-state index in [1.165, 1.54) is 24.1 Å². The van der Waals surface area contributed by atoms with E-state index >= 15 is 0 Å². The number of hydrogen-bond donors (Lipinski definition) is 2. The molecule has 21 heavy (non-hydrogen) atoms. The summed E-state index contributed by atoms with van der Waals surface area (Å²) in [6.45, 7) is 10.4. The minimum Gasteiger partial charge on any atom is -0.356 e. The first-order valence-corrected chi connectivity index (χ1v) is 8.22. The van der Waals surface area contributed by atoms with Crippen LogP contribution in [-0.2, 0) is 6.54 Å².